The van der Waals surface area contributed by atoms with Crippen molar-refractivity contribution in [2.24, 2.45) is 0 Å². The van der Waals surface area contributed by atoms with Crippen LogP contribution in [0.3, 0.4) is 0 Å². The summed E-state index contributed by atoms with van der Waals surface area (Å²) in [5.41, 5.74) is 1.65. The summed E-state index contributed by atoms with van der Waals surface area (Å²) in [6, 6.07) is 7.29. The third-order valence-electron chi connectivity index (χ3n) is 1.64. The maximum atomic E-state index is 10.8. The lowest BCUT2D eigenvalue weighted by molar-refractivity contribution is 0.311. The van der Waals surface area contributed by atoms with Gasteiger partial charge in [-0.3, -0.25) is 4.18 Å². The van der Waals surface area contributed by atoms with Crippen LogP contribution in [0.5, 0.6) is 0 Å². The summed E-state index contributed by atoms with van der Waals surface area (Å²) in [4.78, 5) is 0. The smallest absolute Gasteiger partial charge is 0.264 e. The average Bonchev–Trinajstić information content (AvgIpc) is 2.15. The van der Waals surface area contributed by atoms with Crippen molar-refractivity contribution >= 4 is 10.1 Å². The molecular formula is C11H12O3S. The molecule has 1 aromatic carbocycles. The molecule has 15 heavy (non-hydrogen) atoms. The van der Waals surface area contributed by atoms with Gasteiger partial charge in [0.1, 0.15) is 0 Å². The van der Waals surface area contributed by atoms with Gasteiger partial charge in [-0.15, -0.1) is 5.92 Å². The first-order valence-electron chi connectivity index (χ1n) is 4.37. The second-order valence-corrected chi connectivity index (χ2v) is 4.69. The average molecular weight is 224 g/mol. The normalized spacial score (nSPS) is 10.5. The third-order valence-corrected chi connectivity index (χ3v) is 2.18. The molecule has 0 aliphatic rings. The third kappa shape index (κ3) is 4.63. The number of rotatable bonds is 3. The first kappa shape index (κ1) is 11.8. The molecule has 0 aromatic heterocycles. The van der Waals surface area contributed by atoms with E-state index in [0.717, 1.165) is 17.4 Å². The maximum absolute atomic E-state index is 10.8. The lowest BCUT2D eigenvalue weighted by Gasteiger charge is -2.01. The van der Waals surface area contributed by atoms with Crippen LogP contribution in [0.4, 0.5) is 0 Å². The predicted octanol–water partition coefficient (Wildman–Crippen LogP) is 1.53. The van der Waals surface area contributed by atoms with Gasteiger partial charge in [-0.05, 0) is 24.6 Å². The summed E-state index contributed by atoms with van der Waals surface area (Å²) < 4.78 is 26.2. The van der Waals surface area contributed by atoms with Crippen molar-refractivity contribution in [2.45, 2.75) is 13.5 Å². The first-order valence-corrected chi connectivity index (χ1v) is 6.19. The van der Waals surface area contributed by atoms with E-state index in [1.165, 1.54) is 0 Å². The van der Waals surface area contributed by atoms with Crippen molar-refractivity contribution in [1.82, 2.24) is 0 Å². The monoisotopic (exact) mass is 224 g/mol. The number of benzene rings is 1. The van der Waals surface area contributed by atoms with Crippen LogP contribution in [-0.2, 0) is 20.9 Å². The highest BCUT2D eigenvalue weighted by molar-refractivity contribution is 7.85. The Morgan fingerprint density at radius 1 is 1.40 bits per heavy atom. The van der Waals surface area contributed by atoms with Gasteiger partial charge in [0.15, 0.2) is 0 Å². The van der Waals surface area contributed by atoms with E-state index in [9.17, 15) is 8.42 Å². The molecule has 0 amide bonds. The van der Waals surface area contributed by atoms with Gasteiger partial charge in [0.05, 0.1) is 12.9 Å². The van der Waals surface area contributed by atoms with Gasteiger partial charge in [0, 0.05) is 5.56 Å². The Hall–Kier alpha value is -1.31. The minimum absolute atomic E-state index is 0.0536. The molecular weight excluding hydrogens is 212 g/mol. The molecule has 80 valence electrons. The first-order chi connectivity index (χ1) is 7.01. The van der Waals surface area contributed by atoms with Crippen LogP contribution in [0.25, 0.3) is 0 Å². The van der Waals surface area contributed by atoms with Gasteiger partial charge in [0.25, 0.3) is 10.1 Å². The number of hydrogen-bond donors (Lipinski definition) is 0. The topological polar surface area (TPSA) is 43.4 Å². The zero-order valence-corrected chi connectivity index (χ0v) is 9.47. The van der Waals surface area contributed by atoms with E-state index in [4.69, 9.17) is 0 Å². The van der Waals surface area contributed by atoms with Crippen molar-refractivity contribution in [3.05, 3.63) is 35.4 Å². The highest BCUT2D eigenvalue weighted by atomic mass is 32.2. The molecule has 0 unspecified atom stereocenters. The maximum Gasteiger partial charge on any atom is 0.264 e. The van der Waals surface area contributed by atoms with Crippen molar-refractivity contribution in [3.63, 3.8) is 0 Å². The minimum Gasteiger partial charge on any atom is -0.265 e. The van der Waals surface area contributed by atoms with E-state index in [2.05, 4.69) is 16.0 Å². The van der Waals surface area contributed by atoms with Gasteiger partial charge < -0.3 is 0 Å². The van der Waals surface area contributed by atoms with Crippen molar-refractivity contribution in [2.75, 3.05) is 6.26 Å². The summed E-state index contributed by atoms with van der Waals surface area (Å²) in [7, 11) is -3.38. The highest BCUT2D eigenvalue weighted by Gasteiger charge is 2.02. The van der Waals surface area contributed by atoms with Crippen LogP contribution in [0.1, 0.15) is 18.1 Å². The predicted molar refractivity (Wildman–Crippen MR) is 58.6 cm³/mol. The molecule has 3 nitrogen and oxygen atoms in total. The minimum atomic E-state index is -3.38. The zero-order valence-electron chi connectivity index (χ0n) is 8.65. The molecule has 0 N–H and O–H groups in total. The Morgan fingerprint density at radius 3 is 2.73 bits per heavy atom. The SMILES string of the molecule is CC#Cc1cccc(COS(C)(=O)=O)c1. The summed E-state index contributed by atoms with van der Waals surface area (Å²) >= 11 is 0. The second kappa shape index (κ2) is 4.96. The Bertz CT molecular complexity index is 492. The Kier molecular flexibility index (Phi) is 3.89. The van der Waals surface area contributed by atoms with E-state index < -0.39 is 10.1 Å². The molecule has 1 aromatic rings. The molecule has 0 aliphatic heterocycles. The molecule has 1 rings (SSSR count). The molecule has 0 spiro atoms. The van der Waals surface area contributed by atoms with E-state index in [1.54, 1.807) is 13.0 Å². The van der Waals surface area contributed by atoms with Crippen LogP contribution in [0, 0.1) is 11.8 Å². The van der Waals surface area contributed by atoms with Crippen LogP contribution in [-0.4, -0.2) is 14.7 Å². The number of hydrogen-bond acceptors (Lipinski definition) is 3. The molecule has 0 fully saturated rings. The van der Waals surface area contributed by atoms with Crippen LogP contribution in [0.15, 0.2) is 24.3 Å². The molecule has 0 saturated heterocycles. The molecule has 0 radical (unpaired) electrons. The van der Waals surface area contributed by atoms with Crippen molar-refractivity contribution in [1.29, 1.82) is 0 Å². The van der Waals surface area contributed by atoms with Gasteiger partial charge in [0.2, 0.25) is 0 Å². The lowest BCUT2D eigenvalue weighted by atomic mass is 10.1. The van der Waals surface area contributed by atoms with Gasteiger partial charge in [-0.2, -0.15) is 8.42 Å². The van der Waals surface area contributed by atoms with E-state index in [1.807, 2.05) is 18.2 Å². The van der Waals surface area contributed by atoms with Crippen LogP contribution >= 0.6 is 0 Å². The Morgan fingerprint density at radius 2 is 2.13 bits per heavy atom. The Labute approximate surface area is 90.2 Å². The van der Waals surface area contributed by atoms with E-state index >= 15 is 0 Å². The lowest BCUT2D eigenvalue weighted by Crippen LogP contribution is -2.02. The molecule has 0 bridgehead atoms. The van der Waals surface area contributed by atoms with E-state index in [0.29, 0.717) is 0 Å². The van der Waals surface area contributed by atoms with E-state index in [-0.39, 0.29) is 6.61 Å². The Balaban J connectivity index is 2.77. The molecule has 4 heteroatoms. The zero-order chi connectivity index (χ0) is 11.3. The van der Waals surface area contributed by atoms with Crippen LogP contribution < -0.4 is 0 Å². The second-order valence-electron chi connectivity index (χ2n) is 3.04. The summed E-state index contributed by atoms with van der Waals surface area (Å²) in [5.74, 6) is 5.66. The van der Waals surface area contributed by atoms with Gasteiger partial charge in [-0.25, -0.2) is 0 Å². The summed E-state index contributed by atoms with van der Waals surface area (Å²) in [6.07, 6.45) is 1.03. The van der Waals surface area contributed by atoms with Gasteiger partial charge >= 0.3 is 0 Å². The fourth-order valence-corrected chi connectivity index (χ4v) is 1.41. The standard InChI is InChI=1S/C11H12O3S/c1-3-5-10-6-4-7-11(8-10)9-14-15(2,12)13/h4,6-8H,9H2,1-2H3. The molecule has 0 saturated carbocycles. The summed E-state index contributed by atoms with van der Waals surface area (Å²) in [6.45, 7) is 1.80. The largest absolute Gasteiger partial charge is 0.265 e. The molecule has 0 atom stereocenters. The molecule has 0 heterocycles. The quantitative estimate of drug-likeness (QED) is 0.577. The van der Waals surface area contributed by atoms with Gasteiger partial charge in [-0.1, -0.05) is 18.1 Å². The fourth-order valence-electron chi connectivity index (χ4n) is 1.06. The molecule has 0 aliphatic carbocycles. The van der Waals surface area contributed by atoms with Crippen LogP contribution in [0.2, 0.25) is 0 Å². The fraction of sp³-hybridized carbons (Fsp3) is 0.273. The highest BCUT2D eigenvalue weighted by Crippen LogP contribution is 2.06. The van der Waals surface area contributed by atoms with Crippen molar-refractivity contribution in [3.8, 4) is 11.8 Å². The van der Waals surface area contributed by atoms with Crippen molar-refractivity contribution < 1.29 is 12.6 Å². The summed E-state index contributed by atoms with van der Waals surface area (Å²) in [5, 5.41) is 0.